The molecule has 2 amide bonds. The van der Waals surface area contributed by atoms with Gasteiger partial charge in [0, 0.05) is 12.4 Å². The second kappa shape index (κ2) is 8.39. The van der Waals surface area contributed by atoms with Crippen LogP contribution in [-0.2, 0) is 22.9 Å². The average Bonchev–Trinajstić information content (AvgIpc) is 3.11. The van der Waals surface area contributed by atoms with E-state index >= 15 is 0 Å². The van der Waals surface area contributed by atoms with E-state index in [2.05, 4.69) is 15.3 Å². The quantitative estimate of drug-likeness (QED) is 0.717. The lowest BCUT2D eigenvalue weighted by molar-refractivity contribution is 0.0949. The Labute approximate surface area is 175 Å². The molecule has 3 rings (SSSR count). The molecule has 0 aromatic carbocycles. The number of fused-ring (bicyclic) bond motifs is 1. The fourth-order valence-corrected chi connectivity index (χ4v) is 4.29. The molecule has 9 nitrogen and oxygen atoms in total. The van der Waals surface area contributed by atoms with Crippen molar-refractivity contribution in [2.24, 2.45) is 5.92 Å². The summed E-state index contributed by atoms with van der Waals surface area (Å²) in [6.45, 7) is 5.74. The number of aromatic nitrogens is 2. The van der Waals surface area contributed by atoms with Gasteiger partial charge in [0.2, 0.25) is 0 Å². The number of hydrogen-bond acceptors (Lipinski definition) is 6. The smallest absolute Gasteiger partial charge is 0.408 e. The van der Waals surface area contributed by atoms with E-state index in [1.54, 1.807) is 19.1 Å². The van der Waals surface area contributed by atoms with Crippen LogP contribution in [0.1, 0.15) is 54.1 Å². The predicted octanol–water partition coefficient (Wildman–Crippen LogP) is 2.39. The fourth-order valence-electron chi connectivity index (χ4n) is 3.47. The first-order chi connectivity index (χ1) is 14.1. The standard InChI is InChI=1S/C20H24N4O5S/c1-4-30(28,29)16-6-5-15(21-10-16)9-23-19(25)13-7-14-11-24(20(26)27)18(12(2)3)17(14)22-8-13/h5-8,10,12,18H,4,9,11H2,1-3H3,(H,23,25)(H,26,27)/t18-/m0/s1. The first-order valence-electron chi connectivity index (χ1n) is 9.58. The van der Waals surface area contributed by atoms with Crippen molar-refractivity contribution in [3.63, 3.8) is 0 Å². The number of pyridine rings is 2. The molecule has 0 aliphatic carbocycles. The summed E-state index contributed by atoms with van der Waals surface area (Å²) < 4.78 is 23.7. The van der Waals surface area contributed by atoms with E-state index in [1.165, 1.54) is 23.4 Å². The number of amides is 2. The van der Waals surface area contributed by atoms with E-state index in [0.29, 0.717) is 17.0 Å². The molecule has 30 heavy (non-hydrogen) atoms. The molecule has 10 heteroatoms. The van der Waals surface area contributed by atoms with Crippen LogP contribution in [0.5, 0.6) is 0 Å². The summed E-state index contributed by atoms with van der Waals surface area (Å²) in [5.74, 6) is -0.320. The summed E-state index contributed by atoms with van der Waals surface area (Å²) in [7, 11) is -3.32. The number of rotatable bonds is 6. The molecule has 0 spiro atoms. The highest BCUT2D eigenvalue weighted by Crippen LogP contribution is 2.37. The van der Waals surface area contributed by atoms with E-state index in [-0.39, 0.29) is 41.6 Å². The van der Waals surface area contributed by atoms with Gasteiger partial charge in [0.25, 0.3) is 5.91 Å². The minimum absolute atomic E-state index is 0.00688. The van der Waals surface area contributed by atoms with Crippen LogP contribution in [0.4, 0.5) is 4.79 Å². The minimum Gasteiger partial charge on any atom is -0.465 e. The Morgan fingerprint density at radius 1 is 1.27 bits per heavy atom. The zero-order valence-electron chi connectivity index (χ0n) is 17.0. The maximum atomic E-state index is 12.5. The Morgan fingerprint density at radius 3 is 2.57 bits per heavy atom. The molecule has 2 aromatic heterocycles. The maximum Gasteiger partial charge on any atom is 0.408 e. The lowest BCUT2D eigenvalue weighted by Crippen LogP contribution is -2.30. The zero-order valence-corrected chi connectivity index (χ0v) is 17.8. The van der Waals surface area contributed by atoms with Gasteiger partial charge in [-0.2, -0.15) is 0 Å². The molecule has 0 radical (unpaired) electrons. The SMILES string of the molecule is CCS(=O)(=O)c1ccc(CNC(=O)c2cnc3c(c2)CN(C(=O)O)[C@H]3C(C)C)nc1. The summed E-state index contributed by atoms with van der Waals surface area (Å²) in [6, 6.07) is 4.36. The van der Waals surface area contributed by atoms with Gasteiger partial charge in [-0.1, -0.05) is 20.8 Å². The van der Waals surface area contributed by atoms with Gasteiger partial charge < -0.3 is 10.4 Å². The summed E-state index contributed by atoms with van der Waals surface area (Å²) in [4.78, 5) is 34.0. The second-order valence-corrected chi connectivity index (χ2v) is 9.72. The van der Waals surface area contributed by atoms with Crippen LogP contribution in [-0.4, -0.2) is 46.1 Å². The van der Waals surface area contributed by atoms with Crippen molar-refractivity contribution in [3.8, 4) is 0 Å². The van der Waals surface area contributed by atoms with Gasteiger partial charge in [0.1, 0.15) is 0 Å². The number of sulfone groups is 1. The monoisotopic (exact) mass is 432 g/mol. The van der Waals surface area contributed by atoms with E-state index in [9.17, 15) is 23.1 Å². The van der Waals surface area contributed by atoms with Crippen molar-refractivity contribution in [2.45, 2.75) is 44.8 Å². The van der Waals surface area contributed by atoms with Crippen LogP contribution in [0.2, 0.25) is 0 Å². The number of hydrogen-bond donors (Lipinski definition) is 2. The molecule has 1 aliphatic heterocycles. The lowest BCUT2D eigenvalue weighted by Gasteiger charge is -2.24. The summed E-state index contributed by atoms with van der Waals surface area (Å²) in [5, 5.41) is 12.2. The van der Waals surface area contributed by atoms with Crippen molar-refractivity contribution in [1.82, 2.24) is 20.2 Å². The molecule has 0 saturated heterocycles. The highest BCUT2D eigenvalue weighted by atomic mass is 32.2. The fraction of sp³-hybridized carbons (Fsp3) is 0.400. The Kier molecular flexibility index (Phi) is 6.06. The molecular weight excluding hydrogens is 408 g/mol. The molecule has 0 fully saturated rings. The van der Waals surface area contributed by atoms with E-state index in [4.69, 9.17) is 0 Å². The summed E-state index contributed by atoms with van der Waals surface area (Å²) >= 11 is 0. The van der Waals surface area contributed by atoms with Crippen LogP contribution in [0.3, 0.4) is 0 Å². The first kappa shape index (κ1) is 21.7. The van der Waals surface area contributed by atoms with E-state index in [0.717, 1.165) is 5.56 Å². The average molecular weight is 433 g/mol. The van der Waals surface area contributed by atoms with Gasteiger partial charge in [0.15, 0.2) is 9.84 Å². The number of carboxylic acid groups (broad SMARTS) is 1. The summed E-state index contributed by atoms with van der Waals surface area (Å²) in [6.07, 6.45) is 1.71. The first-order valence-corrected chi connectivity index (χ1v) is 11.2. The molecule has 0 unspecified atom stereocenters. The molecular formula is C20H24N4O5S. The Balaban J connectivity index is 1.70. The number of carbonyl (C=O) groups is 2. The molecule has 0 bridgehead atoms. The van der Waals surface area contributed by atoms with E-state index < -0.39 is 15.9 Å². The van der Waals surface area contributed by atoms with Gasteiger partial charge in [-0.3, -0.25) is 19.7 Å². The zero-order chi connectivity index (χ0) is 22.1. The molecule has 2 N–H and O–H groups in total. The molecule has 3 heterocycles. The van der Waals surface area contributed by atoms with E-state index in [1.807, 2.05) is 13.8 Å². The molecule has 0 saturated carbocycles. The van der Waals surface area contributed by atoms with Gasteiger partial charge in [-0.15, -0.1) is 0 Å². The van der Waals surface area contributed by atoms with Crippen molar-refractivity contribution in [3.05, 3.63) is 53.1 Å². The maximum absolute atomic E-state index is 12.5. The minimum atomic E-state index is -3.32. The second-order valence-electron chi connectivity index (χ2n) is 7.44. The van der Waals surface area contributed by atoms with Crippen molar-refractivity contribution >= 4 is 21.8 Å². The Bertz CT molecular complexity index is 1070. The topological polar surface area (TPSA) is 130 Å². The highest BCUT2D eigenvalue weighted by Gasteiger charge is 2.37. The normalized spacial score (nSPS) is 15.9. The largest absolute Gasteiger partial charge is 0.465 e. The van der Waals surface area contributed by atoms with Crippen LogP contribution in [0, 0.1) is 5.92 Å². The summed E-state index contributed by atoms with van der Waals surface area (Å²) in [5.41, 5.74) is 2.24. The van der Waals surface area contributed by atoms with Crippen molar-refractivity contribution in [1.29, 1.82) is 0 Å². The Hall–Kier alpha value is -3.01. The third kappa shape index (κ3) is 4.28. The van der Waals surface area contributed by atoms with Crippen LogP contribution in [0.25, 0.3) is 0 Å². The van der Waals surface area contributed by atoms with Gasteiger partial charge in [-0.05, 0) is 29.7 Å². The number of nitrogens with zero attached hydrogens (tertiary/aromatic N) is 3. The van der Waals surface area contributed by atoms with Gasteiger partial charge >= 0.3 is 6.09 Å². The number of nitrogens with one attached hydrogen (secondary N) is 1. The third-order valence-corrected chi connectivity index (χ3v) is 6.78. The molecule has 1 aliphatic rings. The number of carbonyl (C=O) groups excluding carboxylic acids is 1. The van der Waals surface area contributed by atoms with Crippen LogP contribution in [0.15, 0.2) is 35.5 Å². The van der Waals surface area contributed by atoms with Crippen molar-refractivity contribution in [2.75, 3.05) is 5.75 Å². The Morgan fingerprint density at radius 2 is 2.00 bits per heavy atom. The van der Waals surface area contributed by atoms with Crippen LogP contribution < -0.4 is 5.32 Å². The molecule has 160 valence electrons. The molecule has 1 atom stereocenters. The van der Waals surface area contributed by atoms with Crippen LogP contribution >= 0.6 is 0 Å². The highest BCUT2D eigenvalue weighted by molar-refractivity contribution is 7.91. The molecule has 2 aromatic rings. The van der Waals surface area contributed by atoms with Gasteiger partial charge in [0.05, 0.1) is 46.7 Å². The van der Waals surface area contributed by atoms with Gasteiger partial charge in [-0.25, -0.2) is 13.2 Å². The van der Waals surface area contributed by atoms with Crippen molar-refractivity contribution < 1.29 is 23.1 Å². The third-order valence-electron chi connectivity index (χ3n) is 5.06. The predicted molar refractivity (Wildman–Crippen MR) is 109 cm³/mol. The lowest BCUT2D eigenvalue weighted by atomic mass is 9.99.